The zero-order valence-corrected chi connectivity index (χ0v) is 12.1. The Morgan fingerprint density at radius 2 is 1.75 bits per heavy atom. The molecule has 0 amide bonds. The predicted octanol–water partition coefficient (Wildman–Crippen LogP) is 3.96. The molecule has 0 N–H and O–H groups in total. The van der Waals surface area contributed by atoms with Crippen LogP contribution >= 0.6 is 0 Å². The maximum absolute atomic E-state index is 12.1. The highest BCUT2D eigenvalue weighted by Gasteiger charge is 2.02. The van der Waals surface area contributed by atoms with Gasteiger partial charge in [-0.15, -0.1) is 0 Å². The van der Waals surface area contributed by atoms with Gasteiger partial charge in [0.15, 0.2) is 5.78 Å². The number of allylic oxidation sites excluding steroid dienone is 1. The van der Waals surface area contributed by atoms with E-state index in [1.54, 1.807) is 6.08 Å². The molecule has 2 rings (SSSR count). The summed E-state index contributed by atoms with van der Waals surface area (Å²) in [7, 11) is 3.96. The first-order chi connectivity index (χ1) is 9.56. The van der Waals surface area contributed by atoms with Crippen LogP contribution in [0.5, 0.6) is 0 Å². The van der Waals surface area contributed by atoms with Crippen molar-refractivity contribution in [2.45, 2.75) is 6.92 Å². The van der Waals surface area contributed by atoms with Gasteiger partial charge in [-0.2, -0.15) is 0 Å². The molecule has 0 atom stereocenters. The molecule has 2 heteroatoms. The van der Waals surface area contributed by atoms with Gasteiger partial charge in [0.25, 0.3) is 0 Å². The maximum Gasteiger partial charge on any atom is 0.185 e. The molecule has 0 bridgehead atoms. The molecular weight excluding hydrogens is 246 g/mol. The third-order valence-corrected chi connectivity index (χ3v) is 3.14. The molecule has 2 nitrogen and oxygen atoms in total. The van der Waals surface area contributed by atoms with Gasteiger partial charge in [0.2, 0.25) is 0 Å². The Labute approximate surface area is 120 Å². The molecule has 0 aromatic heterocycles. The zero-order chi connectivity index (χ0) is 14.5. The topological polar surface area (TPSA) is 20.3 Å². The van der Waals surface area contributed by atoms with Crippen molar-refractivity contribution in [1.29, 1.82) is 0 Å². The summed E-state index contributed by atoms with van der Waals surface area (Å²) < 4.78 is 0. The van der Waals surface area contributed by atoms with Crippen molar-refractivity contribution in [2.75, 3.05) is 19.0 Å². The molecule has 0 aliphatic carbocycles. The molecule has 0 radical (unpaired) electrons. The van der Waals surface area contributed by atoms with Gasteiger partial charge in [-0.05, 0) is 42.8 Å². The van der Waals surface area contributed by atoms with E-state index in [4.69, 9.17) is 0 Å². The van der Waals surface area contributed by atoms with Crippen molar-refractivity contribution in [1.82, 2.24) is 0 Å². The van der Waals surface area contributed by atoms with E-state index in [9.17, 15) is 4.79 Å². The van der Waals surface area contributed by atoms with Crippen LogP contribution < -0.4 is 4.90 Å². The number of nitrogens with zero attached hydrogens (tertiary/aromatic N) is 1. The summed E-state index contributed by atoms with van der Waals surface area (Å²) in [5.41, 5.74) is 4.03. The minimum absolute atomic E-state index is 0.0248. The number of carbonyl (C=O) groups excluding carboxylic acids is 1. The monoisotopic (exact) mass is 265 g/mol. The first-order valence-corrected chi connectivity index (χ1v) is 6.63. The van der Waals surface area contributed by atoms with Crippen molar-refractivity contribution >= 4 is 17.5 Å². The molecule has 0 saturated carbocycles. The summed E-state index contributed by atoms with van der Waals surface area (Å²) in [4.78, 5) is 14.1. The van der Waals surface area contributed by atoms with Gasteiger partial charge in [-0.1, -0.05) is 35.9 Å². The quantitative estimate of drug-likeness (QED) is 0.616. The Hall–Kier alpha value is -2.35. The van der Waals surface area contributed by atoms with E-state index in [-0.39, 0.29) is 5.78 Å². The second-order valence-electron chi connectivity index (χ2n) is 5.05. The number of carbonyl (C=O) groups is 1. The fourth-order valence-corrected chi connectivity index (χ4v) is 1.97. The zero-order valence-electron chi connectivity index (χ0n) is 12.1. The van der Waals surface area contributed by atoms with Gasteiger partial charge in [0, 0.05) is 25.3 Å². The molecule has 2 aromatic carbocycles. The molecular formula is C18H19NO. The maximum atomic E-state index is 12.1. The fourth-order valence-electron chi connectivity index (χ4n) is 1.97. The lowest BCUT2D eigenvalue weighted by atomic mass is 10.1. The SMILES string of the molecule is Cc1cccc(C=CC(=O)c2ccc(N(C)C)cc2)c1. The van der Waals surface area contributed by atoms with Gasteiger partial charge < -0.3 is 4.90 Å². The number of aryl methyl sites for hydroxylation is 1. The fraction of sp³-hybridized carbons (Fsp3) is 0.167. The molecule has 0 heterocycles. The minimum Gasteiger partial charge on any atom is -0.378 e. The predicted molar refractivity (Wildman–Crippen MR) is 85.3 cm³/mol. The van der Waals surface area contributed by atoms with Crippen LogP contribution in [0.2, 0.25) is 0 Å². The Balaban J connectivity index is 2.11. The highest BCUT2D eigenvalue weighted by atomic mass is 16.1. The van der Waals surface area contributed by atoms with Crippen molar-refractivity contribution in [3.63, 3.8) is 0 Å². The van der Waals surface area contributed by atoms with Crippen LogP contribution in [0.25, 0.3) is 6.08 Å². The number of anilines is 1. The van der Waals surface area contributed by atoms with Gasteiger partial charge in [0.1, 0.15) is 0 Å². The molecule has 0 unspecified atom stereocenters. The van der Waals surface area contributed by atoms with Crippen LogP contribution in [0, 0.1) is 6.92 Å². The summed E-state index contributed by atoms with van der Waals surface area (Å²) in [6, 6.07) is 15.7. The lowest BCUT2D eigenvalue weighted by Gasteiger charge is -2.11. The van der Waals surface area contributed by atoms with E-state index >= 15 is 0 Å². The van der Waals surface area contributed by atoms with Crippen LogP contribution in [0.15, 0.2) is 54.6 Å². The number of hydrogen-bond acceptors (Lipinski definition) is 2. The van der Waals surface area contributed by atoms with Gasteiger partial charge in [-0.25, -0.2) is 0 Å². The third kappa shape index (κ3) is 3.58. The largest absolute Gasteiger partial charge is 0.378 e. The average molecular weight is 265 g/mol. The minimum atomic E-state index is 0.0248. The smallest absolute Gasteiger partial charge is 0.185 e. The first-order valence-electron chi connectivity index (χ1n) is 6.63. The van der Waals surface area contributed by atoms with Crippen molar-refractivity contribution in [2.24, 2.45) is 0 Å². The summed E-state index contributed by atoms with van der Waals surface area (Å²) >= 11 is 0. The Morgan fingerprint density at radius 3 is 2.35 bits per heavy atom. The highest BCUT2D eigenvalue weighted by molar-refractivity contribution is 6.06. The summed E-state index contributed by atoms with van der Waals surface area (Å²) in [5, 5.41) is 0. The van der Waals surface area contributed by atoms with Crippen molar-refractivity contribution < 1.29 is 4.79 Å². The lowest BCUT2D eigenvalue weighted by molar-refractivity contribution is 0.104. The normalized spacial score (nSPS) is 10.8. The molecule has 0 aliphatic rings. The molecule has 0 aliphatic heterocycles. The Kier molecular flexibility index (Phi) is 4.36. The molecule has 0 spiro atoms. The van der Waals surface area contributed by atoms with E-state index in [1.807, 2.05) is 74.5 Å². The molecule has 0 fully saturated rings. The van der Waals surface area contributed by atoms with Crippen LogP contribution in [-0.4, -0.2) is 19.9 Å². The van der Waals surface area contributed by atoms with E-state index in [0.29, 0.717) is 5.56 Å². The molecule has 20 heavy (non-hydrogen) atoms. The molecule has 102 valence electrons. The second-order valence-corrected chi connectivity index (χ2v) is 5.05. The van der Waals surface area contributed by atoms with Crippen LogP contribution in [0.1, 0.15) is 21.5 Å². The summed E-state index contributed by atoms with van der Waals surface area (Å²) in [6.45, 7) is 2.04. The highest BCUT2D eigenvalue weighted by Crippen LogP contribution is 2.13. The van der Waals surface area contributed by atoms with E-state index < -0.39 is 0 Å². The Bertz CT molecular complexity index is 624. The summed E-state index contributed by atoms with van der Waals surface area (Å²) in [6.07, 6.45) is 3.48. The first kappa shape index (κ1) is 14.1. The van der Waals surface area contributed by atoms with E-state index in [2.05, 4.69) is 6.07 Å². The third-order valence-electron chi connectivity index (χ3n) is 3.14. The van der Waals surface area contributed by atoms with Crippen molar-refractivity contribution in [3.8, 4) is 0 Å². The van der Waals surface area contributed by atoms with Gasteiger partial charge in [-0.3, -0.25) is 4.79 Å². The van der Waals surface area contributed by atoms with Gasteiger partial charge >= 0.3 is 0 Å². The second kappa shape index (κ2) is 6.20. The van der Waals surface area contributed by atoms with E-state index in [0.717, 1.165) is 11.3 Å². The van der Waals surface area contributed by atoms with Crippen LogP contribution in [-0.2, 0) is 0 Å². The average Bonchev–Trinajstić information content (AvgIpc) is 2.45. The van der Waals surface area contributed by atoms with E-state index in [1.165, 1.54) is 5.56 Å². The number of benzene rings is 2. The van der Waals surface area contributed by atoms with Crippen molar-refractivity contribution in [3.05, 3.63) is 71.3 Å². The number of ketones is 1. The lowest BCUT2D eigenvalue weighted by Crippen LogP contribution is -2.08. The van der Waals surface area contributed by atoms with Crippen LogP contribution in [0.4, 0.5) is 5.69 Å². The van der Waals surface area contributed by atoms with Crippen LogP contribution in [0.3, 0.4) is 0 Å². The molecule has 0 saturated heterocycles. The summed E-state index contributed by atoms with van der Waals surface area (Å²) in [5.74, 6) is 0.0248. The molecule has 2 aromatic rings. The van der Waals surface area contributed by atoms with Gasteiger partial charge in [0.05, 0.1) is 0 Å². The number of hydrogen-bond donors (Lipinski definition) is 0. The number of rotatable bonds is 4. The standard InChI is InChI=1S/C18H19NO/c1-14-5-4-6-15(13-14)7-12-18(20)16-8-10-17(11-9-16)19(2)3/h4-13H,1-3H3. The Morgan fingerprint density at radius 1 is 1.05 bits per heavy atom.